The molecule has 1 fully saturated rings. The van der Waals surface area contributed by atoms with Crippen molar-refractivity contribution in [3.8, 4) is 0 Å². The summed E-state index contributed by atoms with van der Waals surface area (Å²) in [5.41, 5.74) is 1.99. The summed E-state index contributed by atoms with van der Waals surface area (Å²) < 4.78 is 1.77. The quantitative estimate of drug-likeness (QED) is 0.409. The molecule has 0 bridgehead atoms. The summed E-state index contributed by atoms with van der Waals surface area (Å²) in [7, 11) is 0. The molecule has 0 spiro atoms. The molecule has 0 amide bonds. The molecule has 28 heavy (non-hydrogen) atoms. The van der Waals surface area contributed by atoms with E-state index in [0.717, 1.165) is 29.9 Å². The summed E-state index contributed by atoms with van der Waals surface area (Å²) in [5, 5.41) is 12.4. The third-order valence-corrected chi connectivity index (χ3v) is 4.50. The van der Waals surface area contributed by atoms with Crippen LogP contribution in [0.3, 0.4) is 0 Å². The molecule has 0 atom stereocenters. The zero-order chi connectivity index (χ0) is 19.1. The standard InChI is InChI=1S/C19H18N8O/c1-11-15(25-19(28)22-11)7-12-9-21-27-17(24-13-4-5-13)8-16(26-18(12)27)23-14-3-2-6-20-10-14/h2-3,6-10,13,24H,1,4-5H2,(H,23,26)(H2,22,25,28)/b15-7-. The number of imidazole rings is 1. The molecule has 9 nitrogen and oxygen atoms in total. The fourth-order valence-electron chi connectivity index (χ4n) is 2.98. The van der Waals surface area contributed by atoms with Gasteiger partial charge in [-0.25, -0.2) is 9.78 Å². The van der Waals surface area contributed by atoms with E-state index < -0.39 is 0 Å². The second-order valence-corrected chi connectivity index (χ2v) is 6.76. The second-order valence-electron chi connectivity index (χ2n) is 6.76. The summed E-state index contributed by atoms with van der Waals surface area (Å²) in [6, 6.07) is 6.18. The number of rotatable bonds is 5. The molecule has 9 heteroatoms. The second kappa shape index (κ2) is 6.38. The maximum Gasteiger partial charge on any atom is 0.323 e. The van der Waals surface area contributed by atoms with Gasteiger partial charge in [-0.3, -0.25) is 4.98 Å². The largest absolute Gasteiger partial charge is 0.367 e. The average Bonchev–Trinajstić information content (AvgIpc) is 3.32. The minimum atomic E-state index is -0.296. The zero-order valence-electron chi connectivity index (χ0n) is 14.9. The Morgan fingerprint density at radius 1 is 1.29 bits per heavy atom. The molecule has 0 saturated heterocycles. The molecule has 0 aliphatic heterocycles. The monoisotopic (exact) mass is 374 g/mol. The van der Waals surface area contributed by atoms with Gasteiger partial charge in [0.25, 0.3) is 0 Å². The lowest BCUT2D eigenvalue weighted by Gasteiger charge is -2.11. The van der Waals surface area contributed by atoms with E-state index in [0.29, 0.717) is 28.2 Å². The van der Waals surface area contributed by atoms with Crippen molar-refractivity contribution < 1.29 is 0 Å². The minimum Gasteiger partial charge on any atom is -0.367 e. The first-order valence-electron chi connectivity index (χ1n) is 8.97. The predicted octanol–water partition coefficient (Wildman–Crippen LogP) is 0.698. The van der Waals surface area contributed by atoms with E-state index >= 15 is 0 Å². The van der Waals surface area contributed by atoms with Crippen molar-refractivity contribution in [2.24, 2.45) is 0 Å². The Morgan fingerprint density at radius 3 is 2.89 bits per heavy atom. The highest BCUT2D eigenvalue weighted by Gasteiger charge is 2.23. The first kappa shape index (κ1) is 16.3. The van der Waals surface area contributed by atoms with Crippen LogP contribution >= 0.6 is 0 Å². The Labute approximate surface area is 158 Å². The lowest BCUT2D eigenvalue weighted by molar-refractivity contribution is 0.926. The van der Waals surface area contributed by atoms with Crippen molar-refractivity contribution in [1.82, 2.24) is 29.5 Å². The highest BCUT2D eigenvalue weighted by Crippen LogP contribution is 2.27. The molecule has 0 aromatic carbocycles. The molecule has 1 aliphatic carbocycles. The topological polar surface area (TPSA) is 116 Å². The smallest absolute Gasteiger partial charge is 0.323 e. The van der Waals surface area contributed by atoms with Crippen LogP contribution in [0, 0.1) is 0 Å². The normalized spacial score (nSPS) is 14.5. The van der Waals surface area contributed by atoms with Gasteiger partial charge < -0.3 is 20.6 Å². The summed E-state index contributed by atoms with van der Waals surface area (Å²) in [6.07, 6.45) is 9.28. The van der Waals surface area contributed by atoms with Crippen LogP contribution in [0.1, 0.15) is 18.4 Å². The molecule has 5 rings (SSSR count). The lowest BCUT2D eigenvalue weighted by atomic mass is 10.3. The van der Waals surface area contributed by atoms with Crippen molar-refractivity contribution >= 4 is 35.6 Å². The summed E-state index contributed by atoms with van der Waals surface area (Å²) in [5.74, 6) is 1.53. The van der Waals surface area contributed by atoms with Gasteiger partial charge in [-0.1, -0.05) is 6.58 Å². The van der Waals surface area contributed by atoms with Crippen molar-refractivity contribution in [2.45, 2.75) is 18.9 Å². The van der Waals surface area contributed by atoms with Crippen LogP contribution in [0.5, 0.6) is 0 Å². The van der Waals surface area contributed by atoms with Gasteiger partial charge in [0.2, 0.25) is 0 Å². The van der Waals surface area contributed by atoms with Gasteiger partial charge in [0.1, 0.15) is 11.6 Å². The molecule has 4 N–H and O–H groups in total. The highest BCUT2D eigenvalue weighted by atomic mass is 16.1. The van der Waals surface area contributed by atoms with Gasteiger partial charge in [-0.05, 0) is 31.1 Å². The Morgan fingerprint density at radius 2 is 2.18 bits per heavy atom. The molecule has 4 aromatic rings. The zero-order valence-corrected chi connectivity index (χ0v) is 14.9. The molecular weight excluding hydrogens is 356 g/mol. The molecule has 1 saturated carbocycles. The fourth-order valence-corrected chi connectivity index (χ4v) is 2.98. The summed E-state index contributed by atoms with van der Waals surface area (Å²) >= 11 is 0. The SMILES string of the molecule is C=c1[nH]c(=O)[nH]/c1=C\c1cnn2c(NC3CC3)cc(Nc3cccnc3)nc12. The van der Waals surface area contributed by atoms with Crippen molar-refractivity contribution in [1.29, 1.82) is 0 Å². The van der Waals surface area contributed by atoms with E-state index in [1.807, 2.05) is 24.3 Å². The highest BCUT2D eigenvalue weighted by molar-refractivity contribution is 5.71. The molecule has 0 unspecified atom stereocenters. The van der Waals surface area contributed by atoms with Gasteiger partial charge in [0.05, 0.1) is 28.8 Å². The number of anilines is 3. The minimum absolute atomic E-state index is 0.296. The number of H-pyrrole nitrogens is 2. The number of fused-ring (bicyclic) bond motifs is 1. The van der Waals surface area contributed by atoms with E-state index in [1.54, 1.807) is 23.1 Å². The molecule has 4 aromatic heterocycles. The number of hydrogen-bond donors (Lipinski definition) is 4. The van der Waals surface area contributed by atoms with E-state index in [-0.39, 0.29) is 5.69 Å². The van der Waals surface area contributed by atoms with Crippen LogP contribution in [0.2, 0.25) is 0 Å². The van der Waals surface area contributed by atoms with Crippen LogP contribution in [0.4, 0.5) is 17.3 Å². The van der Waals surface area contributed by atoms with Crippen LogP contribution in [0.25, 0.3) is 18.3 Å². The van der Waals surface area contributed by atoms with Crippen molar-refractivity contribution in [2.75, 3.05) is 10.6 Å². The summed E-state index contributed by atoms with van der Waals surface area (Å²) in [6.45, 7) is 3.84. The van der Waals surface area contributed by atoms with Crippen molar-refractivity contribution in [3.63, 3.8) is 0 Å². The van der Waals surface area contributed by atoms with Gasteiger partial charge in [-0.2, -0.15) is 9.61 Å². The number of aromatic amines is 2. The molecule has 0 radical (unpaired) electrons. The van der Waals surface area contributed by atoms with Crippen LogP contribution in [0.15, 0.2) is 41.6 Å². The van der Waals surface area contributed by atoms with E-state index in [9.17, 15) is 4.79 Å². The number of nitrogens with zero attached hydrogens (tertiary/aromatic N) is 4. The first-order valence-corrected chi connectivity index (χ1v) is 8.97. The Hall–Kier alpha value is -3.88. The Balaban J connectivity index is 1.65. The third-order valence-electron chi connectivity index (χ3n) is 4.50. The summed E-state index contributed by atoms with van der Waals surface area (Å²) in [4.78, 5) is 25.7. The number of aromatic nitrogens is 6. The lowest BCUT2D eigenvalue weighted by Crippen LogP contribution is -2.22. The molecule has 140 valence electrons. The molecular formula is C19H18N8O. The number of nitrogens with one attached hydrogen (secondary N) is 4. The van der Waals surface area contributed by atoms with E-state index in [1.165, 1.54) is 0 Å². The Kier molecular flexibility index (Phi) is 3.71. The van der Waals surface area contributed by atoms with Gasteiger partial charge in [0.15, 0.2) is 5.65 Å². The first-order chi connectivity index (χ1) is 13.7. The number of hydrogen-bond acceptors (Lipinski definition) is 6. The van der Waals surface area contributed by atoms with Gasteiger partial charge in [-0.15, -0.1) is 0 Å². The maximum atomic E-state index is 11.5. The average molecular weight is 374 g/mol. The van der Waals surface area contributed by atoms with Gasteiger partial charge >= 0.3 is 5.69 Å². The predicted molar refractivity (Wildman–Crippen MR) is 107 cm³/mol. The van der Waals surface area contributed by atoms with Crippen molar-refractivity contribution in [3.05, 3.63) is 63.5 Å². The third kappa shape index (κ3) is 3.13. The molecule has 1 aliphatic rings. The molecule has 4 heterocycles. The van der Waals surface area contributed by atoms with E-state index in [2.05, 4.69) is 37.3 Å². The van der Waals surface area contributed by atoms with E-state index in [4.69, 9.17) is 4.98 Å². The fraction of sp³-hybridized carbons (Fsp3) is 0.158. The Bertz CT molecular complexity index is 1310. The van der Waals surface area contributed by atoms with Crippen LogP contribution < -0.4 is 27.0 Å². The maximum absolute atomic E-state index is 11.5. The van der Waals surface area contributed by atoms with Crippen LogP contribution in [-0.2, 0) is 0 Å². The number of pyridine rings is 1. The van der Waals surface area contributed by atoms with Gasteiger partial charge in [0, 0.05) is 23.9 Å². The van der Waals surface area contributed by atoms with Crippen LogP contribution in [-0.4, -0.2) is 35.6 Å².